The van der Waals surface area contributed by atoms with E-state index in [1.165, 1.54) is 12.0 Å². The second-order valence-corrected chi connectivity index (χ2v) is 6.96. The van der Waals surface area contributed by atoms with Crippen molar-refractivity contribution in [1.82, 2.24) is 10.2 Å². The number of nitrogens with one attached hydrogen (secondary N) is 1. The number of rotatable bonds is 5. The molecule has 1 saturated heterocycles. The fourth-order valence-electron chi connectivity index (χ4n) is 2.51. The summed E-state index contributed by atoms with van der Waals surface area (Å²) in [6, 6.07) is 5.27. The molecule has 0 unspecified atom stereocenters. The monoisotopic (exact) mass is 412 g/mol. The van der Waals surface area contributed by atoms with E-state index in [-0.39, 0.29) is 31.1 Å². The summed E-state index contributed by atoms with van der Waals surface area (Å²) in [5, 5.41) is 2.75. The Morgan fingerprint density at radius 1 is 1.28 bits per heavy atom. The molecule has 25 heavy (non-hydrogen) atoms. The van der Waals surface area contributed by atoms with Crippen molar-refractivity contribution in [2.24, 2.45) is 5.92 Å². The molecule has 1 heterocycles. The van der Waals surface area contributed by atoms with E-state index in [0.717, 1.165) is 4.47 Å². The van der Waals surface area contributed by atoms with Crippen molar-refractivity contribution >= 4 is 33.7 Å². The van der Waals surface area contributed by atoms with E-state index in [9.17, 15) is 14.4 Å². The minimum atomic E-state index is -0.789. The number of nitrogens with zero attached hydrogens (tertiary/aromatic N) is 1. The molecule has 2 atom stereocenters. The van der Waals surface area contributed by atoms with E-state index >= 15 is 0 Å². The summed E-state index contributed by atoms with van der Waals surface area (Å²) in [6.45, 7) is 3.74. The summed E-state index contributed by atoms with van der Waals surface area (Å²) in [4.78, 5) is 38.4. The second kappa shape index (κ2) is 8.44. The number of carbonyl (C=O) groups excluding carboxylic acids is 3. The van der Waals surface area contributed by atoms with Crippen LogP contribution in [-0.4, -0.2) is 55.2 Å². The molecule has 8 heteroatoms. The van der Waals surface area contributed by atoms with E-state index < -0.39 is 18.1 Å². The molecule has 2 rings (SSSR count). The van der Waals surface area contributed by atoms with Gasteiger partial charge >= 0.3 is 5.97 Å². The zero-order valence-corrected chi connectivity index (χ0v) is 15.9. The first kappa shape index (κ1) is 19.4. The van der Waals surface area contributed by atoms with Crippen LogP contribution >= 0.6 is 15.9 Å². The van der Waals surface area contributed by atoms with Gasteiger partial charge in [0.2, 0.25) is 5.91 Å². The Morgan fingerprint density at radius 2 is 1.92 bits per heavy atom. The molecule has 0 spiro atoms. The first-order valence-corrected chi connectivity index (χ1v) is 8.67. The Kier molecular flexibility index (Phi) is 6.55. The molecule has 1 N–H and O–H groups in total. The summed E-state index contributed by atoms with van der Waals surface area (Å²) < 4.78 is 10.8. The van der Waals surface area contributed by atoms with E-state index in [1.807, 2.05) is 13.8 Å². The Morgan fingerprint density at radius 3 is 2.48 bits per heavy atom. The predicted molar refractivity (Wildman–Crippen MR) is 93.7 cm³/mol. The van der Waals surface area contributed by atoms with Gasteiger partial charge in [-0.3, -0.25) is 9.59 Å². The van der Waals surface area contributed by atoms with Gasteiger partial charge in [-0.25, -0.2) is 4.79 Å². The molecule has 136 valence electrons. The molecule has 2 amide bonds. The van der Waals surface area contributed by atoms with E-state index in [1.54, 1.807) is 24.3 Å². The van der Waals surface area contributed by atoms with Crippen LogP contribution in [0.25, 0.3) is 0 Å². The van der Waals surface area contributed by atoms with E-state index in [0.29, 0.717) is 5.56 Å². The van der Waals surface area contributed by atoms with Crippen LogP contribution in [0.2, 0.25) is 0 Å². The molecule has 1 aromatic rings. The lowest BCUT2D eigenvalue weighted by Crippen LogP contribution is -2.54. The fraction of sp³-hybridized carbons (Fsp3) is 0.471. The molecule has 1 fully saturated rings. The number of hydrogen-bond acceptors (Lipinski definition) is 5. The average Bonchev–Trinajstić information content (AvgIpc) is 3.08. The highest BCUT2D eigenvalue weighted by atomic mass is 79.9. The highest BCUT2D eigenvalue weighted by Gasteiger charge is 2.40. The first-order valence-electron chi connectivity index (χ1n) is 7.87. The fourth-order valence-corrected chi connectivity index (χ4v) is 2.77. The smallest absolute Gasteiger partial charge is 0.331 e. The number of hydrogen-bond donors (Lipinski definition) is 1. The SMILES string of the molecule is COC(=O)[C@@H]1COCN1C(=O)[C@@H](NC(=O)c1ccc(Br)cc1)C(C)C. The van der Waals surface area contributed by atoms with Gasteiger partial charge in [-0.05, 0) is 30.2 Å². The minimum Gasteiger partial charge on any atom is -0.467 e. The molecule has 0 aromatic heterocycles. The van der Waals surface area contributed by atoms with E-state index in [2.05, 4.69) is 21.2 Å². The maximum absolute atomic E-state index is 12.9. The van der Waals surface area contributed by atoms with Gasteiger partial charge in [0.1, 0.15) is 12.8 Å². The summed E-state index contributed by atoms with van der Waals surface area (Å²) in [6.07, 6.45) is 0. The molecule has 0 radical (unpaired) electrons. The van der Waals surface area contributed by atoms with Crippen molar-refractivity contribution in [2.75, 3.05) is 20.4 Å². The normalized spacial score (nSPS) is 18.1. The zero-order valence-electron chi connectivity index (χ0n) is 14.3. The van der Waals surface area contributed by atoms with Crippen molar-refractivity contribution in [1.29, 1.82) is 0 Å². The molecular formula is C17H21BrN2O5. The maximum Gasteiger partial charge on any atom is 0.331 e. The number of carbonyl (C=O) groups is 3. The van der Waals surface area contributed by atoms with Crippen LogP contribution in [0.4, 0.5) is 0 Å². The van der Waals surface area contributed by atoms with Crippen molar-refractivity contribution in [2.45, 2.75) is 25.9 Å². The van der Waals surface area contributed by atoms with E-state index in [4.69, 9.17) is 9.47 Å². The lowest BCUT2D eigenvalue weighted by molar-refractivity contribution is -0.151. The highest BCUT2D eigenvalue weighted by molar-refractivity contribution is 9.10. The van der Waals surface area contributed by atoms with Gasteiger partial charge in [0.25, 0.3) is 5.91 Å². The number of methoxy groups -OCH3 is 1. The Labute approximate surface area is 154 Å². The van der Waals surface area contributed by atoms with Crippen molar-refractivity contribution in [3.05, 3.63) is 34.3 Å². The summed E-state index contributed by atoms with van der Waals surface area (Å²) in [5.74, 6) is -1.42. The molecule has 0 aliphatic carbocycles. The molecule has 1 aliphatic heterocycles. The lowest BCUT2D eigenvalue weighted by atomic mass is 10.0. The number of amides is 2. The first-order chi connectivity index (χ1) is 11.8. The predicted octanol–water partition coefficient (Wildman–Crippen LogP) is 1.56. The highest BCUT2D eigenvalue weighted by Crippen LogP contribution is 2.17. The van der Waals surface area contributed by atoms with Crippen LogP contribution in [0, 0.1) is 5.92 Å². The molecule has 0 saturated carbocycles. The molecule has 1 aliphatic rings. The van der Waals surface area contributed by atoms with Crippen molar-refractivity contribution in [3.8, 4) is 0 Å². The van der Waals surface area contributed by atoms with Crippen molar-refractivity contribution in [3.63, 3.8) is 0 Å². The van der Waals surface area contributed by atoms with Gasteiger partial charge in [-0.1, -0.05) is 29.8 Å². The van der Waals surface area contributed by atoms with Crippen LogP contribution in [-0.2, 0) is 19.1 Å². The summed E-state index contributed by atoms with van der Waals surface area (Å²) >= 11 is 3.31. The Balaban J connectivity index is 2.14. The molecular weight excluding hydrogens is 392 g/mol. The lowest BCUT2D eigenvalue weighted by Gasteiger charge is -2.28. The molecule has 0 bridgehead atoms. The zero-order chi connectivity index (χ0) is 18.6. The standard InChI is InChI=1S/C17H21BrN2O5/c1-10(2)14(19-15(21)11-4-6-12(18)7-5-11)16(22)20-9-25-8-13(20)17(23)24-3/h4-7,10,13-14H,8-9H2,1-3H3,(H,19,21)/t13-,14-/m0/s1. The van der Waals surface area contributed by atoms with Crippen LogP contribution in [0.5, 0.6) is 0 Å². The van der Waals surface area contributed by atoms with Gasteiger partial charge in [0, 0.05) is 10.0 Å². The van der Waals surface area contributed by atoms with Gasteiger partial charge in [-0.15, -0.1) is 0 Å². The van der Waals surface area contributed by atoms with Crippen LogP contribution in [0.15, 0.2) is 28.7 Å². The Hall–Kier alpha value is -1.93. The van der Waals surface area contributed by atoms with Crippen molar-refractivity contribution < 1.29 is 23.9 Å². The third-order valence-corrected chi connectivity index (χ3v) is 4.49. The number of esters is 1. The topological polar surface area (TPSA) is 84.9 Å². The van der Waals surface area contributed by atoms with Gasteiger partial charge in [-0.2, -0.15) is 0 Å². The second-order valence-electron chi connectivity index (χ2n) is 6.05. The number of halogens is 1. The Bertz CT molecular complexity index is 647. The largest absolute Gasteiger partial charge is 0.467 e. The van der Waals surface area contributed by atoms with Gasteiger partial charge in [0.05, 0.1) is 13.7 Å². The minimum absolute atomic E-state index is 0.00399. The quantitative estimate of drug-likeness (QED) is 0.741. The summed E-state index contributed by atoms with van der Waals surface area (Å²) in [5.41, 5.74) is 0.448. The van der Waals surface area contributed by atoms with Gasteiger partial charge in [0.15, 0.2) is 6.04 Å². The average molecular weight is 413 g/mol. The van der Waals surface area contributed by atoms with Crippen LogP contribution < -0.4 is 5.32 Å². The summed E-state index contributed by atoms with van der Waals surface area (Å²) in [7, 11) is 1.26. The van der Waals surface area contributed by atoms with Crippen LogP contribution in [0.3, 0.4) is 0 Å². The number of ether oxygens (including phenoxy) is 2. The number of benzene rings is 1. The maximum atomic E-state index is 12.9. The van der Waals surface area contributed by atoms with Gasteiger partial charge < -0.3 is 19.7 Å². The third kappa shape index (κ3) is 4.58. The third-order valence-electron chi connectivity index (χ3n) is 3.96. The molecule has 1 aromatic carbocycles. The molecule has 7 nitrogen and oxygen atoms in total. The van der Waals surface area contributed by atoms with Crippen LogP contribution in [0.1, 0.15) is 24.2 Å².